The largest absolute Gasteiger partial charge is 0.391 e. The molecule has 1 fully saturated rings. The highest BCUT2D eigenvalue weighted by molar-refractivity contribution is 6.30. The second kappa shape index (κ2) is 7.40. The molecule has 1 aromatic carbocycles. The Balaban J connectivity index is 1.99. The summed E-state index contributed by atoms with van der Waals surface area (Å²) in [5.41, 5.74) is 6.36. The van der Waals surface area contributed by atoms with E-state index in [1.807, 2.05) is 0 Å². The van der Waals surface area contributed by atoms with Gasteiger partial charge >= 0.3 is 6.18 Å². The molecule has 0 saturated heterocycles. The molecule has 3 rings (SSSR count). The van der Waals surface area contributed by atoms with E-state index in [1.165, 1.54) is 10.6 Å². The Morgan fingerprint density at radius 1 is 1.15 bits per heavy atom. The minimum atomic E-state index is -4.17. The summed E-state index contributed by atoms with van der Waals surface area (Å²) in [5, 5.41) is 0.528. The predicted molar refractivity (Wildman–Crippen MR) is 93.5 cm³/mol. The van der Waals surface area contributed by atoms with Crippen LogP contribution < -0.4 is 11.3 Å². The molecule has 1 saturated carbocycles. The van der Waals surface area contributed by atoms with Crippen molar-refractivity contribution in [1.29, 1.82) is 0 Å². The Morgan fingerprint density at radius 2 is 1.77 bits per heavy atom. The molecule has 4 nitrogen and oxygen atoms in total. The summed E-state index contributed by atoms with van der Waals surface area (Å²) in [6.07, 6.45) is -3.43. The third kappa shape index (κ3) is 3.94. The first-order valence-electron chi connectivity index (χ1n) is 8.45. The Hall–Kier alpha value is -1.86. The number of aromatic nitrogens is 2. The summed E-state index contributed by atoms with van der Waals surface area (Å²) < 4.78 is 40.3. The van der Waals surface area contributed by atoms with Gasteiger partial charge in [0.2, 0.25) is 0 Å². The molecule has 0 radical (unpaired) electrons. The molecule has 0 unspecified atom stereocenters. The predicted octanol–water partition coefficient (Wildman–Crippen LogP) is 4.18. The molecule has 140 valence electrons. The van der Waals surface area contributed by atoms with Gasteiger partial charge in [0, 0.05) is 23.6 Å². The summed E-state index contributed by atoms with van der Waals surface area (Å²) in [4.78, 5) is 17.1. The maximum atomic E-state index is 12.9. The van der Waals surface area contributed by atoms with E-state index >= 15 is 0 Å². The number of nitrogens with zero attached hydrogens (tertiary/aromatic N) is 2. The van der Waals surface area contributed by atoms with Gasteiger partial charge in [0.25, 0.3) is 5.56 Å². The zero-order valence-electron chi connectivity index (χ0n) is 14.0. The number of halogens is 4. The Bertz CT molecular complexity index is 825. The normalized spacial score (nSPS) is 21.0. The van der Waals surface area contributed by atoms with Crippen LogP contribution in [0.2, 0.25) is 5.02 Å². The minimum absolute atomic E-state index is 0.0392. The summed E-state index contributed by atoms with van der Waals surface area (Å²) >= 11 is 5.91. The van der Waals surface area contributed by atoms with Crippen molar-refractivity contribution in [2.75, 3.05) is 0 Å². The smallest absolute Gasteiger partial charge is 0.325 e. The third-order valence-electron chi connectivity index (χ3n) is 4.85. The maximum absolute atomic E-state index is 12.9. The van der Waals surface area contributed by atoms with Gasteiger partial charge in [-0.25, -0.2) is 4.98 Å². The lowest BCUT2D eigenvalue weighted by Gasteiger charge is -2.30. The lowest BCUT2D eigenvalue weighted by atomic mass is 9.81. The molecular formula is C18H19ClF3N3O. The molecular weight excluding hydrogens is 367 g/mol. The molecule has 1 aliphatic carbocycles. The van der Waals surface area contributed by atoms with Crippen LogP contribution in [0.4, 0.5) is 13.2 Å². The number of hydrogen-bond donors (Lipinski definition) is 1. The molecule has 0 spiro atoms. The monoisotopic (exact) mass is 385 g/mol. The second-order valence-electron chi connectivity index (χ2n) is 6.55. The van der Waals surface area contributed by atoms with Gasteiger partial charge in [-0.15, -0.1) is 0 Å². The van der Waals surface area contributed by atoms with Gasteiger partial charge in [-0.05, 0) is 49.9 Å². The first-order valence-corrected chi connectivity index (χ1v) is 8.83. The zero-order valence-corrected chi connectivity index (χ0v) is 14.7. The van der Waals surface area contributed by atoms with E-state index in [0.717, 1.165) is 0 Å². The third-order valence-corrected chi connectivity index (χ3v) is 5.10. The van der Waals surface area contributed by atoms with Gasteiger partial charge in [-0.1, -0.05) is 11.6 Å². The standard InChI is InChI=1S/C18H19ClF3N3O/c19-13-5-7-15(8-6-13)25-16(26)9-14(10-23)24-17(25)11-1-3-12(4-2-11)18(20,21)22/h5-9,11-12H,1-4,10,23H2. The van der Waals surface area contributed by atoms with Crippen LogP contribution >= 0.6 is 11.6 Å². The van der Waals surface area contributed by atoms with Crippen molar-refractivity contribution >= 4 is 11.6 Å². The lowest BCUT2D eigenvalue weighted by molar-refractivity contribution is -0.182. The Labute approximate surface area is 153 Å². The maximum Gasteiger partial charge on any atom is 0.391 e. The van der Waals surface area contributed by atoms with Crippen molar-refractivity contribution < 1.29 is 13.2 Å². The Kier molecular flexibility index (Phi) is 5.39. The summed E-state index contributed by atoms with van der Waals surface area (Å²) in [7, 11) is 0. The molecule has 26 heavy (non-hydrogen) atoms. The van der Waals surface area contributed by atoms with Gasteiger partial charge in [0.1, 0.15) is 5.82 Å². The molecule has 0 bridgehead atoms. The first-order chi connectivity index (χ1) is 12.3. The molecule has 8 heteroatoms. The van der Waals surface area contributed by atoms with E-state index < -0.39 is 12.1 Å². The first kappa shape index (κ1) is 18.9. The van der Waals surface area contributed by atoms with Gasteiger partial charge in [-0.3, -0.25) is 9.36 Å². The summed E-state index contributed by atoms with van der Waals surface area (Å²) in [5.74, 6) is -1.03. The van der Waals surface area contributed by atoms with E-state index in [2.05, 4.69) is 4.98 Å². The molecule has 0 aliphatic heterocycles. The van der Waals surface area contributed by atoms with E-state index in [9.17, 15) is 18.0 Å². The Morgan fingerprint density at radius 3 is 2.31 bits per heavy atom. The highest BCUT2D eigenvalue weighted by Gasteiger charge is 2.42. The topological polar surface area (TPSA) is 60.9 Å². The molecule has 1 heterocycles. The van der Waals surface area contributed by atoms with E-state index in [-0.39, 0.29) is 30.9 Å². The van der Waals surface area contributed by atoms with Gasteiger partial charge in [-0.2, -0.15) is 13.2 Å². The van der Waals surface area contributed by atoms with Crippen molar-refractivity contribution in [3.63, 3.8) is 0 Å². The fourth-order valence-electron chi connectivity index (χ4n) is 3.46. The van der Waals surface area contributed by atoms with Crippen LogP contribution in [0.3, 0.4) is 0 Å². The summed E-state index contributed by atoms with van der Waals surface area (Å²) in [6.45, 7) is 0.0988. The van der Waals surface area contributed by atoms with E-state index in [4.69, 9.17) is 17.3 Å². The van der Waals surface area contributed by atoms with Crippen molar-refractivity contribution in [3.8, 4) is 5.69 Å². The van der Waals surface area contributed by atoms with E-state index in [1.54, 1.807) is 24.3 Å². The molecule has 1 aromatic heterocycles. The van der Waals surface area contributed by atoms with Crippen molar-refractivity contribution in [2.45, 2.75) is 44.3 Å². The number of rotatable bonds is 3. The molecule has 0 atom stereocenters. The van der Waals surface area contributed by atoms with Crippen LogP contribution in [0.5, 0.6) is 0 Å². The van der Waals surface area contributed by atoms with Crippen LogP contribution in [-0.4, -0.2) is 15.7 Å². The number of alkyl halides is 3. The van der Waals surface area contributed by atoms with Gasteiger partial charge in [0.05, 0.1) is 17.3 Å². The van der Waals surface area contributed by atoms with Crippen LogP contribution in [-0.2, 0) is 6.54 Å². The van der Waals surface area contributed by atoms with Crippen molar-refractivity contribution in [3.05, 3.63) is 57.2 Å². The van der Waals surface area contributed by atoms with Crippen LogP contribution in [0.25, 0.3) is 5.69 Å². The summed E-state index contributed by atoms with van der Waals surface area (Å²) in [6, 6.07) is 8.06. The second-order valence-corrected chi connectivity index (χ2v) is 6.99. The number of hydrogen-bond acceptors (Lipinski definition) is 3. The molecule has 1 aliphatic rings. The number of benzene rings is 1. The number of nitrogens with two attached hydrogens (primary N) is 1. The highest BCUT2D eigenvalue weighted by atomic mass is 35.5. The average Bonchev–Trinajstić information content (AvgIpc) is 2.61. The zero-order chi connectivity index (χ0) is 18.9. The van der Waals surface area contributed by atoms with Crippen LogP contribution in [0, 0.1) is 5.92 Å². The molecule has 0 amide bonds. The average molecular weight is 386 g/mol. The van der Waals surface area contributed by atoms with Crippen molar-refractivity contribution in [1.82, 2.24) is 9.55 Å². The highest BCUT2D eigenvalue weighted by Crippen LogP contribution is 2.42. The lowest BCUT2D eigenvalue weighted by Crippen LogP contribution is -2.31. The fourth-order valence-corrected chi connectivity index (χ4v) is 3.58. The van der Waals surface area contributed by atoms with Crippen LogP contribution in [0.1, 0.15) is 43.1 Å². The SMILES string of the molecule is NCc1cc(=O)n(-c2ccc(Cl)cc2)c(C2CCC(C(F)(F)F)CC2)n1. The quantitative estimate of drug-likeness (QED) is 0.862. The van der Waals surface area contributed by atoms with E-state index in [0.29, 0.717) is 35.1 Å². The van der Waals surface area contributed by atoms with Gasteiger partial charge in [0.15, 0.2) is 0 Å². The minimum Gasteiger partial charge on any atom is -0.325 e. The van der Waals surface area contributed by atoms with Gasteiger partial charge < -0.3 is 5.73 Å². The molecule has 2 N–H and O–H groups in total. The van der Waals surface area contributed by atoms with Crippen molar-refractivity contribution in [2.24, 2.45) is 11.7 Å². The molecule has 2 aromatic rings. The fraction of sp³-hybridized carbons (Fsp3) is 0.444. The van der Waals surface area contributed by atoms with Crippen LogP contribution in [0.15, 0.2) is 35.1 Å².